The van der Waals surface area contributed by atoms with Crippen LogP contribution in [-0.4, -0.2) is 61.4 Å². The van der Waals surface area contributed by atoms with Crippen molar-refractivity contribution < 1.29 is 57.0 Å². The Kier molecular flexibility index (Phi) is 28.5. The lowest BCUT2D eigenvalue weighted by Gasteiger charge is -2.21. The predicted molar refractivity (Wildman–Crippen MR) is 218 cm³/mol. The van der Waals surface area contributed by atoms with E-state index in [4.69, 9.17) is 23.8 Å². The van der Waals surface area contributed by atoms with Crippen molar-refractivity contribution >= 4 is 31.9 Å². The van der Waals surface area contributed by atoms with E-state index in [0.717, 1.165) is 114 Å². The SMILES string of the molecule is O=C(CCCCCCCCCCCNC(=O)OCc1ccccc1)OCC(COP(=O)([O-])O)OC(=O)CCCCCCCCCCCNC(=O)OCc1ccccc1. The van der Waals surface area contributed by atoms with Gasteiger partial charge in [-0.1, -0.05) is 151 Å². The first kappa shape index (κ1) is 50.2. The fourth-order valence-electron chi connectivity index (χ4n) is 5.99. The van der Waals surface area contributed by atoms with Crippen LogP contribution in [-0.2, 0) is 50.8 Å². The van der Waals surface area contributed by atoms with Gasteiger partial charge in [-0.3, -0.25) is 14.2 Å². The zero-order chi connectivity index (χ0) is 41.9. The number of unbranched alkanes of at least 4 members (excludes halogenated alkanes) is 16. The maximum atomic E-state index is 12.4. The third-order valence-corrected chi connectivity index (χ3v) is 9.71. The second kappa shape index (κ2) is 32.9. The van der Waals surface area contributed by atoms with Crippen LogP contribution in [0.4, 0.5) is 9.59 Å². The molecule has 0 aliphatic rings. The minimum Gasteiger partial charge on any atom is -0.756 e. The van der Waals surface area contributed by atoms with Gasteiger partial charge in [0.2, 0.25) is 0 Å². The molecule has 0 spiro atoms. The summed E-state index contributed by atoms with van der Waals surface area (Å²) in [6.45, 7) is 0.654. The van der Waals surface area contributed by atoms with E-state index < -0.39 is 44.7 Å². The van der Waals surface area contributed by atoms with Gasteiger partial charge in [-0.15, -0.1) is 0 Å². The second-order valence-corrected chi connectivity index (χ2v) is 15.6. The number of rotatable bonds is 34. The summed E-state index contributed by atoms with van der Waals surface area (Å²) < 4.78 is 36.5. The van der Waals surface area contributed by atoms with Gasteiger partial charge in [0.05, 0.1) is 6.61 Å². The Morgan fingerprint density at radius 3 is 1.33 bits per heavy atom. The Bertz CT molecular complexity index is 1430. The van der Waals surface area contributed by atoms with Crippen LogP contribution in [0.15, 0.2) is 60.7 Å². The van der Waals surface area contributed by atoms with Crippen molar-refractivity contribution in [1.82, 2.24) is 10.6 Å². The van der Waals surface area contributed by atoms with Crippen molar-refractivity contribution in [1.29, 1.82) is 0 Å². The first-order valence-electron chi connectivity index (χ1n) is 21.0. The van der Waals surface area contributed by atoms with Crippen LogP contribution in [0.1, 0.15) is 140 Å². The van der Waals surface area contributed by atoms with Crippen molar-refractivity contribution in [3.8, 4) is 0 Å². The smallest absolute Gasteiger partial charge is 0.407 e. The molecule has 0 saturated carbocycles. The van der Waals surface area contributed by atoms with E-state index in [1.807, 2.05) is 60.7 Å². The van der Waals surface area contributed by atoms with E-state index in [-0.39, 0.29) is 32.7 Å². The van der Waals surface area contributed by atoms with Crippen molar-refractivity contribution in [3.05, 3.63) is 71.8 Å². The largest absolute Gasteiger partial charge is 0.756 e. The number of ether oxygens (including phenoxy) is 4. The van der Waals surface area contributed by atoms with Crippen LogP contribution in [0.2, 0.25) is 0 Å². The highest BCUT2D eigenvalue weighted by atomic mass is 31.2. The van der Waals surface area contributed by atoms with E-state index >= 15 is 0 Å². The van der Waals surface area contributed by atoms with Gasteiger partial charge in [0.15, 0.2) is 6.10 Å². The topological polar surface area (TPSA) is 199 Å². The van der Waals surface area contributed by atoms with Crippen LogP contribution >= 0.6 is 7.82 Å². The summed E-state index contributed by atoms with van der Waals surface area (Å²) in [5, 5.41) is 5.56. The normalized spacial score (nSPS) is 12.5. The monoisotopic (exact) mass is 833 g/mol. The van der Waals surface area contributed by atoms with Gasteiger partial charge < -0.3 is 43.9 Å². The Balaban J connectivity index is 1.41. The van der Waals surface area contributed by atoms with Gasteiger partial charge in [-0.25, -0.2) is 9.59 Å². The van der Waals surface area contributed by atoms with Crippen molar-refractivity contribution in [2.24, 2.45) is 0 Å². The lowest BCUT2D eigenvalue weighted by molar-refractivity contribution is -0.223. The summed E-state index contributed by atoms with van der Waals surface area (Å²) in [6, 6.07) is 19.1. The number of hydrogen-bond acceptors (Lipinski definition) is 11. The number of nitrogens with one attached hydrogen (secondary N) is 2. The second-order valence-electron chi connectivity index (χ2n) is 14.4. The summed E-state index contributed by atoms with van der Waals surface area (Å²) >= 11 is 0. The van der Waals surface area contributed by atoms with Crippen LogP contribution in [0.25, 0.3) is 0 Å². The molecule has 15 heteroatoms. The molecule has 2 rings (SSSR count). The van der Waals surface area contributed by atoms with Crippen molar-refractivity contribution in [2.75, 3.05) is 26.3 Å². The first-order chi connectivity index (χ1) is 28.1. The maximum Gasteiger partial charge on any atom is 0.407 e. The molecule has 326 valence electrons. The highest BCUT2D eigenvalue weighted by molar-refractivity contribution is 7.44. The van der Waals surface area contributed by atoms with E-state index in [9.17, 15) is 28.6 Å². The highest BCUT2D eigenvalue weighted by Crippen LogP contribution is 2.30. The Labute approximate surface area is 344 Å². The molecular weight excluding hydrogens is 767 g/mol. The zero-order valence-electron chi connectivity index (χ0n) is 34.1. The third kappa shape index (κ3) is 30.2. The van der Waals surface area contributed by atoms with Gasteiger partial charge in [0.25, 0.3) is 7.82 Å². The molecule has 0 aliphatic carbocycles. The summed E-state index contributed by atoms with van der Waals surface area (Å²) in [5.41, 5.74) is 1.90. The van der Waals surface area contributed by atoms with E-state index in [0.29, 0.717) is 25.9 Å². The summed E-state index contributed by atoms with van der Waals surface area (Å²) in [7, 11) is -5.05. The zero-order valence-corrected chi connectivity index (χ0v) is 35.0. The van der Waals surface area contributed by atoms with E-state index in [2.05, 4.69) is 15.2 Å². The molecule has 0 bridgehead atoms. The number of hydrogen-bond donors (Lipinski definition) is 3. The van der Waals surface area contributed by atoms with E-state index in [1.165, 1.54) is 0 Å². The van der Waals surface area contributed by atoms with Crippen molar-refractivity contribution in [3.63, 3.8) is 0 Å². The number of benzene rings is 2. The van der Waals surface area contributed by atoms with Crippen LogP contribution < -0.4 is 15.5 Å². The maximum absolute atomic E-state index is 12.4. The molecule has 0 saturated heterocycles. The molecular formula is C43H66N2O12P-. The van der Waals surface area contributed by atoms with Gasteiger partial charge in [0.1, 0.15) is 19.8 Å². The quantitative estimate of drug-likeness (QED) is 0.0263. The van der Waals surface area contributed by atoms with Crippen LogP contribution in [0.5, 0.6) is 0 Å². The number of esters is 2. The number of carbonyl (C=O) groups is 4. The summed E-state index contributed by atoms with van der Waals surface area (Å²) in [6.07, 6.45) is 15.7. The number of phosphoric acid groups is 1. The van der Waals surface area contributed by atoms with Gasteiger partial charge >= 0.3 is 24.1 Å². The molecule has 58 heavy (non-hydrogen) atoms. The number of amides is 2. The summed E-state index contributed by atoms with van der Waals surface area (Å²) in [5.74, 6) is -1.04. The third-order valence-electron chi connectivity index (χ3n) is 9.23. The number of phosphoric ester groups is 1. The molecule has 2 atom stereocenters. The Morgan fingerprint density at radius 1 is 0.534 bits per heavy atom. The summed E-state index contributed by atoms with van der Waals surface area (Å²) in [4.78, 5) is 68.4. The van der Waals surface area contributed by atoms with Crippen LogP contribution in [0.3, 0.4) is 0 Å². The molecule has 0 radical (unpaired) electrons. The fraction of sp³-hybridized carbons (Fsp3) is 0.628. The average molecular weight is 834 g/mol. The van der Waals surface area contributed by atoms with E-state index in [1.54, 1.807) is 0 Å². The molecule has 0 aliphatic heterocycles. The predicted octanol–water partition coefficient (Wildman–Crippen LogP) is 8.57. The number of carbonyl (C=O) groups excluding carboxylic acids is 4. The Morgan fingerprint density at radius 2 is 0.914 bits per heavy atom. The van der Waals surface area contributed by atoms with Crippen LogP contribution in [0, 0.1) is 0 Å². The van der Waals surface area contributed by atoms with Crippen molar-refractivity contribution in [2.45, 2.75) is 148 Å². The lowest BCUT2D eigenvalue weighted by atomic mass is 10.1. The number of alkyl carbamates (subject to hydrolysis) is 2. The van der Waals surface area contributed by atoms with Gasteiger partial charge in [0, 0.05) is 25.9 Å². The molecule has 2 amide bonds. The Hall–Kier alpha value is -3.97. The minimum atomic E-state index is -5.05. The molecule has 0 fully saturated rings. The molecule has 0 aromatic heterocycles. The average Bonchev–Trinajstić information content (AvgIpc) is 3.21. The van der Waals surface area contributed by atoms with Gasteiger partial charge in [-0.2, -0.15) is 0 Å². The molecule has 14 nitrogen and oxygen atoms in total. The standard InChI is InChI=1S/C43H67N2O12P/c46-40(29-21-11-7-3-1-5-9-13-23-31-44-42(48)54-33-37-25-17-15-18-26-37)53-35-39(36-56-58(50,51)52)57-41(47)30-22-12-8-4-2-6-10-14-24-32-45-43(49)55-34-38-27-19-16-20-28-38/h15-20,25-28,39H,1-14,21-24,29-36H2,(H,44,48)(H,45,49)(H2,50,51,52)/p-1. The lowest BCUT2D eigenvalue weighted by Crippen LogP contribution is -2.30. The first-order valence-corrected chi connectivity index (χ1v) is 22.5. The molecule has 2 aromatic rings. The highest BCUT2D eigenvalue weighted by Gasteiger charge is 2.19. The molecule has 3 N–H and O–H groups in total. The fourth-order valence-corrected chi connectivity index (χ4v) is 6.34. The van der Waals surface area contributed by atoms with Gasteiger partial charge in [-0.05, 0) is 36.8 Å². The molecule has 0 heterocycles. The minimum absolute atomic E-state index is 0.128. The molecule has 2 aromatic carbocycles. The molecule has 2 unspecified atom stereocenters.